The van der Waals surface area contributed by atoms with E-state index < -0.39 is 0 Å². The second kappa shape index (κ2) is 4.53. The van der Waals surface area contributed by atoms with Crippen molar-refractivity contribution in [2.45, 2.75) is 25.8 Å². The molecule has 3 rings (SSSR count). The Morgan fingerprint density at radius 1 is 1.39 bits per heavy atom. The summed E-state index contributed by atoms with van der Waals surface area (Å²) in [5, 5.41) is 6.11. The molecule has 0 radical (unpaired) electrons. The van der Waals surface area contributed by atoms with Crippen LogP contribution in [0.3, 0.4) is 0 Å². The molecule has 2 N–H and O–H groups in total. The van der Waals surface area contributed by atoms with Crippen LogP contribution in [0.1, 0.15) is 19.8 Å². The summed E-state index contributed by atoms with van der Waals surface area (Å²) in [7, 11) is 0. The van der Waals surface area contributed by atoms with Gasteiger partial charge in [0.15, 0.2) is 0 Å². The zero-order chi connectivity index (χ0) is 12.7. The maximum absolute atomic E-state index is 12.5. The molecule has 0 aliphatic carbocycles. The van der Waals surface area contributed by atoms with E-state index in [1.54, 1.807) is 0 Å². The van der Waals surface area contributed by atoms with Gasteiger partial charge in [-0.25, -0.2) is 0 Å². The highest BCUT2D eigenvalue weighted by atomic mass is 16.2. The van der Waals surface area contributed by atoms with Crippen LogP contribution in [0, 0.1) is 17.8 Å². The first kappa shape index (κ1) is 12.0. The van der Waals surface area contributed by atoms with E-state index in [-0.39, 0.29) is 29.7 Å². The SMILES string of the molecule is CC(C(=O)N1CCCC2C(=O)NCC21)C1CNC1. The van der Waals surface area contributed by atoms with E-state index in [4.69, 9.17) is 0 Å². The van der Waals surface area contributed by atoms with E-state index in [0.717, 1.165) is 32.5 Å². The highest BCUT2D eigenvalue weighted by Gasteiger charge is 2.44. The van der Waals surface area contributed by atoms with Crippen molar-refractivity contribution < 1.29 is 9.59 Å². The second-order valence-electron chi connectivity index (χ2n) is 5.80. The number of rotatable bonds is 2. The lowest BCUT2D eigenvalue weighted by Crippen LogP contribution is -2.55. The Balaban J connectivity index is 1.70. The van der Waals surface area contributed by atoms with Crippen LogP contribution in [0.25, 0.3) is 0 Å². The number of carbonyl (C=O) groups is 2. The van der Waals surface area contributed by atoms with Gasteiger partial charge in [-0.2, -0.15) is 0 Å². The van der Waals surface area contributed by atoms with Crippen LogP contribution in [0.2, 0.25) is 0 Å². The maximum atomic E-state index is 12.5. The minimum absolute atomic E-state index is 0.0365. The van der Waals surface area contributed by atoms with Gasteiger partial charge in [-0.1, -0.05) is 6.92 Å². The molecule has 5 heteroatoms. The molecule has 2 amide bonds. The molecule has 3 saturated heterocycles. The third-order valence-electron chi connectivity index (χ3n) is 4.79. The smallest absolute Gasteiger partial charge is 0.226 e. The summed E-state index contributed by atoms with van der Waals surface area (Å²) in [6.07, 6.45) is 1.88. The van der Waals surface area contributed by atoms with Gasteiger partial charge in [-0.3, -0.25) is 9.59 Å². The summed E-state index contributed by atoms with van der Waals surface area (Å²) in [6.45, 7) is 5.39. The van der Waals surface area contributed by atoms with Crippen molar-refractivity contribution in [3.8, 4) is 0 Å². The number of hydrogen-bond donors (Lipinski definition) is 2. The van der Waals surface area contributed by atoms with Gasteiger partial charge in [0.1, 0.15) is 0 Å². The summed E-state index contributed by atoms with van der Waals surface area (Å²) in [6, 6.07) is 0.106. The van der Waals surface area contributed by atoms with Crippen molar-refractivity contribution in [1.82, 2.24) is 15.5 Å². The molecule has 0 aromatic rings. The van der Waals surface area contributed by atoms with Crippen LogP contribution in [-0.2, 0) is 9.59 Å². The molecule has 0 bridgehead atoms. The number of nitrogens with one attached hydrogen (secondary N) is 2. The van der Waals surface area contributed by atoms with Gasteiger partial charge in [0.25, 0.3) is 0 Å². The van der Waals surface area contributed by atoms with Gasteiger partial charge >= 0.3 is 0 Å². The molecule has 0 aromatic carbocycles. The molecule has 0 saturated carbocycles. The zero-order valence-corrected chi connectivity index (χ0v) is 10.8. The molecule has 3 aliphatic rings. The molecular formula is C13H21N3O2. The maximum Gasteiger partial charge on any atom is 0.226 e. The van der Waals surface area contributed by atoms with Crippen molar-refractivity contribution in [2.24, 2.45) is 17.8 Å². The molecule has 100 valence electrons. The molecule has 3 atom stereocenters. The van der Waals surface area contributed by atoms with Crippen LogP contribution in [0.15, 0.2) is 0 Å². The Labute approximate surface area is 107 Å². The Morgan fingerprint density at radius 2 is 2.17 bits per heavy atom. The van der Waals surface area contributed by atoms with Gasteiger partial charge in [-0.05, 0) is 31.8 Å². The number of piperidine rings is 1. The molecule has 3 heterocycles. The van der Waals surface area contributed by atoms with E-state index in [0.29, 0.717) is 12.5 Å². The minimum atomic E-state index is 0.0365. The minimum Gasteiger partial charge on any atom is -0.354 e. The zero-order valence-electron chi connectivity index (χ0n) is 10.8. The Bertz CT molecular complexity index is 367. The highest BCUT2D eigenvalue weighted by Crippen LogP contribution is 2.30. The predicted molar refractivity (Wildman–Crippen MR) is 66.8 cm³/mol. The van der Waals surface area contributed by atoms with Crippen molar-refractivity contribution in [1.29, 1.82) is 0 Å². The number of amides is 2. The first-order valence-electron chi connectivity index (χ1n) is 6.97. The number of fused-ring (bicyclic) bond motifs is 1. The summed E-state index contributed by atoms with van der Waals surface area (Å²) in [5.41, 5.74) is 0. The number of carbonyl (C=O) groups excluding carboxylic acids is 2. The van der Waals surface area contributed by atoms with Crippen LogP contribution < -0.4 is 10.6 Å². The topological polar surface area (TPSA) is 61.4 Å². The standard InChI is InChI=1S/C13H21N3O2/c1-8(9-5-14-6-9)13(18)16-4-2-3-10-11(16)7-15-12(10)17/h8-11,14H,2-7H2,1H3,(H,15,17). The fourth-order valence-electron chi connectivity index (χ4n) is 3.35. The van der Waals surface area contributed by atoms with Gasteiger partial charge in [0.05, 0.1) is 12.0 Å². The number of nitrogens with zero attached hydrogens (tertiary/aromatic N) is 1. The normalized spacial score (nSPS) is 33.6. The van der Waals surface area contributed by atoms with E-state index >= 15 is 0 Å². The molecule has 3 fully saturated rings. The van der Waals surface area contributed by atoms with Gasteiger partial charge in [0, 0.05) is 19.0 Å². The van der Waals surface area contributed by atoms with Crippen LogP contribution >= 0.6 is 0 Å². The lowest BCUT2D eigenvalue weighted by atomic mass is 9.85. The van der Waals surface area contributed by atoms with E-state index in [2.05, 4.69) is 10.6 Å². The first-order valence-corrected chi connectivity index (χ1v) is 6.97. The lowest BCUT2D eigenvalue weighted by Gasteiger charge is -2.40. The third-order valence-corrected chi connectivity index (χ3v) is 4.79. The Morgan fingerprint density at radius 3 is 2.83 bits per heavy atom. The predicted octanol–water partition coefficient (Wildman–Crippen LogP) is -0.421. The largest absolute Gasteiger partial charge is 0.354 e. The van der Waals surface area contributed by atoms with Crippen molar-refractivity contribution in [3.63, 3.8) is 0 Å². The number of likely N-dealkylation sites (tertiary alicyclic amines) is 1. The Hall–Kier alpha value is -1.10. The average molecular weight is 251 g/mol. The monoisotopic (exact) mass is 251 g/mol. The summed E-state index contributed by atoms with van der Waals surface area (Å²) in [5.74, 6) is 0.973. The quantitative estimate of drug-likeness (QED) is 0.700. The van der Waals surface area contributed by atoms with Crippen molar-refractivity contribution >= 4 is 11.8 Å². The van der Waals surface area contributed by atoms with E-state index in [9.17, 15) is 9.59 Å². The molecule has 5 nitrogen and oxygen atoms in total. The van der Waals surface area contributed by atoms with Gasteiger partial charge in [-0.15, -0.1) is 0 Å². The molecule has 3 aliphatic heterocycles. The van der Waals surface area contributed by atoms with E-state index in [1.807, 2.05) is 11.8 Å². The van der Waals surface area contributed by atoms with E-state index in [1.165, 1.54) is 0 Å². The number of hydrogen-bond acceptors (Lipinski definition) is 3. The van der Waals surface area contributed by atoms with Gasteiger partial charge < -0.3 is 15.5 Å². The Kier molecular flexibility index (Phi) is 3.01. The molecule has 18 heavy (non-hydrogen) atoms. The average Bonchev–Trinajstić information content (AvgIpc) is 2.68. The van der Waals surface area contributed by atoms with Crippen LogP contribution in [0.4, 0.5) is 0 Å². The van der Waals surface area contributed by atoms with Crippen LogP contribution in [-0.4, -0.2) is 48.9 Å². The lowest BCUT2D eigenvalue weighted by molar-refractivity contribution is -0.142. The molecule has 0 aromatic heterocycles. The molecule has 3 unspecified atom stereocenters. The summed E-state index contributed by atoms with van der Waals surface area (Å²) >= 11 is 0. The first-order chi connectivity index (χ1) is 8.68. The third kappa shape index (κ3) is 1.81. The van der Waals surface area contributed by atoms with Crippen LogP contribution in [0.5, 0.6) is 0 Å². The fraction of sp³-hybridized carbons (Fsp3) is 0.846. The second-order valence-corrected chi connectivity index (χ2v) is 5.80. The van der Waals surface area contributed by atoms with Crippen molar-refractivity contribution in [3.05, 3.63) is 0 Å². The molecule has 0 spiro atoms. The van der Waals surface area contributed by atoms with Crippen molar-refractivity contribution in [2.75, 3.05) is 26.2 Å². The fourth-order valence-corrected chi connectivity index (χ4v) is 3.35. The summed E-state index contributed by atoms with van der Waals surface area (Å²) < 4.78 is 0. The highest BCUT2D eigenvalue weighted by molar-refractivity contribution is 5.85. The molecular weight excluding hydrogens is 230 g/mol. The summed E-state index contributed by atoms with van der Waals surface area (Å²) in [4.78, 5) is 26.2. The van der Waals surface area contributed by atoms with Gasteiger partial charge in [0.2, 0.25) is 11.8 Å².